The van der Waals surface area contributed by atoms with Crippen LogP contribution in [0, 0.1) is 5.41 Å². The van der Waals surface area contributed by atoms with Crippen molar-refractivity contribution in [1.82, 2.24) is 10.6 Å². The number of hydrogen-bond acceptors (Lipinski definition) is 5. The van der Waals surface area contributed by atoms with E-state index in [1.54, 1.807) is 14.2 Å². The minimum Gasteiger partial charge on any atom is -0.493 e. The fourth-order valence-electron chi connectivity index (χ4n) is 3.02. The van der Waals surface area contributed by atoms with Crippen molar-refractivity contribution in [3.63, 3.8) is 0 Å². The van der Waals surface area contributed by atoms with Gasteiger partial charge in [0.1, 0.15) is 6.10 Å². The standard InChI is InChI=1S/C18H28N2O4.ClH/c1-14(24-16-7-5-4-6-15(16)23-3)12-20-17(21)18(13-22-2)8-10-19-11-9-18;/h4-7,14,19H,8-13H2,1-3H3,(H,20,21);1H. The van der Waals surface area contributed by atoms with Gasteiger partial charge in [-0.25, -0.2) is 0 Å². The molecule has 0 aromatic heterocycles. The molecule has 1 aliphatic heterocycles. The van der Waals surface area contributed by atoms with Gasteiger partial charge in [0, 0.05) is 7.11 Å². The molecule has 6 nitrogen and oxygen atoms in total. The average Bonchev–Trinajstić information content (AvgIpc) is 2.61. The first-order valence-electron chi connectivity index (χ1n) is 8.39. The lowest BCUT2D eigenvalue weighted by Crippen LogP contribution is -2.51. The predicted molar refractivity (Wildman–Crippen MR) is 99.8 cm³/mol. The molecule has 0 aliphatic carbocycles. The monoisotopic (exact) mass is 372 g/mol. The quantitative estimate of drug-likeness (QED) is 0.730. The molecule has 1 saturated heterocycles. The van der Waals surface area contributed by atoms with Crippen LogP contribution in [0.25, 0.3) is 0 Å². The topological polar surface area (TPSA) is 68.8 Å². The van der Waals surface area contributed by atoms with Crippen LogP contribution in [0.1, 0.15) is 19.8 Å². The smallest absolute Gasteiger partial charge is 0.228 e. The Morgan fingerprint density at radius 1 is 1.24 bits per heavy atom. The number of amides is 1. The van der Waals surface area contributed by atoms with Gasteiger partial charge in [-0.1, -0.05) is 12.1 Å². The molecule has 1 fully saturated rings. The fraction of sp³-hybridized carbons (Fsp3) is 0.611. The number of halogens is 1. The maximum Gasteiger partial charge on any atom is 0.228 e. The van der Waals surface area contributed by atoms with Crippen molar-refractivity contribution in [3.05, 3.63) is 24.3 Å². The van der Waals surface area contributed by atoms with Crippen LogP contribution in [-0.2, 0) is 9.53 Å². The Bertz CT molecular complexity index is 530. The van der Waals surface area contributed by atoms with Crippen molar-refractivity contribution in [2.75, 3.05) is 40.5 Å². The zero-order chi connectivity index (χ0) is 17.4. The van der Waals surface area contributed by atoms with Gasteiger partial charge in [-0.15, -0.1) is 12.4 Å². The number of hydrogen-bond donors (Lipinski definition) is 2. The summed E-state index contributed by atoms with van der Waals surface area (Å²) in [6.07, 6.45) is 1.41. The molecule has 7 heteroatoms. The van der Waals surface area contributed by atoms with E-state index < -0.39 is 5.41 Å². The van der Waals surface area contributed by atoms with E-state index in [2.05, 4.69) is 10.6 Å². The first-order valence-corrected chi connectivity index (χ1v) is 8.39. The number of rotatable bonds is 8. The third-order valence-corrected chi connectivity index (χ3v) is 4.41. The second kappa shape index (κ2) is 10.5. The van der Waals surface area contributed by atoms with Gasteiger partial charge in [0.25, 0.3) is 0 Å². The largest absolute Gasteiger partial charge is 0.493 e. The van der Waals surface area contributed by atoms with E-state index in [0.717, 1.165) is 25.9 Å². The molecule has 1 aromatic rings. The van der Waals surface area contributed by atoms with Crippen LogP contribution in [0.2, 0.25) is 0 Å². The Hall–Kier alpha value is -1.50. The molecular formula is C18H29ClN2O4. The molecule has 0 spiro atoms. The van der Waals surface area contributed by atoms with Crippen molar-refractivity contribution >= 4 is 18.3 Å². The normalized spacial score (nSPS) is 17.1. The number of methoxy groups -OCH3 is 2. The highest BCUT2D eigenvalue weighted by atomic mass is 35.5. The van der Waals surface area contributed by atoms with Crippen molar-refractivity contribution in [2.24, 2.45) is 5.41 Å². The van der Waals surface area contributed by atoms with Gasteiger partial charge < -0.3 is 24.8 Å². The summed E-state index contributed by atoms with van der Waals surface area (Å²) in [6, 6.07) is 7.50. The highest BCUT2D eigenvalue weighted by Gasteiger charge is 2.39. The molecule has 1 amide bonds. The molecule has 0 radical (unpaired) electrons. The Labute approximate surface area is 156 Å². The minimum absolute atomic E-state index is 0. The first-order chi connectivity index (χ1) is 11.6. The van der Waals surface area contributed by atoms with Gasteiger partial charge in [-0.2, -0.15) is 0 Å². The summed E-state index contributed by atoms with van der Waals surface area (Å²) < 4.78 is 16.5. The number of benzene rings is 1. The zero-order valence-corrected chi connectivity index (χ0v) is 16.0. The van der Waals surface area contributed by atoms with Gasteiger partial charge >= 0.3 is 0 Å². The fourth-order valence-corrected chi connectivity index (χ4v) is 3.02. The summed E-state index contributed by atoms with van der Waals surface area (Å²) in [5.41, 5.74) is -0.440. The van der Waals surface area contributed by atoms with Crippen LogP contribution >= 0.6 is 12.4 Å². The van der Waals surface area contributed by atoms with E-state index in [0.29, 0.717) is 24.7 Å². The molecule has 2 rings (SSSR count). The molecular weight excluding hydrogens is 344 g/mol. The molecule has 1 atom stereocenters. The molecule has 142 valence electrons. The molecule has 0 saturated carbocycles. The van der Waals surface area contributed by atoms with Gasteiger partial charge in [-0.3, -0.25) is 4.79 Å². The van der Waals surface area contributed by atoms with E-state index in [9.17, 15) is 4.79 Å². The zero-order valence-electron chi connectivity index (χ0n) is 15.2. The summed E-state index contributed by atoms with van der Waals surface area (Å²) in [5.74, 6) is 1.40. The molecule has 1 heterocycles. The third-order valence-electron chi connectivity index (χ3n) is 4.41. The Kier molecular flexibility index (Phi) is 9.03. The highest BCUT2D eigenvalue weighted by Crippen LogP contribution is 2.30. The lowest BCUT2D eigenvalue weighted by molar-refractivity contribution is -0.136. The third kappa shape index (κ3) is 5.76. The van der Waals surface area contributed by atoms with Crippen molar-refractivity contribution < 1.29 is 19.0 Å². The lowest BCUT2D eigenvalue weighted by atomic mass is 9.78. The Balaban J connectivity index is 0.00000312. The summed E-state index contributed by atoms with van der Waals surface area (Å²) in [5, 5.41) is 6.31. The maximum absolute atomic E-state index is 12.7. The molecule has 1 unspecified atom stereocenters. The van der Waals surface area contributed by atoms with Crippen molar-refractivity contribution in [3.8, 4) is 11.5 Å². The first kappa shape index (κ1) is 21.5. The van der Waals surface area contributed by atoms with E-state index >= 15 is 0 Å². The van der Waals surface area contributed by atoms with Crippen molar-refractivity contribution in [1.29, 1.82) is 0 Å². The van der Waals surface area contributed by atoms with E-state index in [4.69, 9.17) is 14.2 Å². The summed E-state index contributed by atoms with van der Waals surface area (Å²) >= 11 is 0. The Morgan fingerprint density at radius 3 is 2.48 bits per heavy atom. The average molecular weight is 373 g/mol. The van der Waals surface area contributed by atoms with Crippen LogP contribution < -0.4 is 20.1 Å². The number of carbonyl (C=O) groups excluding carboxylic acids is 1. The molecule has 1 aromatic carbocycles. The van der Waals surface area contributed by atoms with E-state index in [-0.39, 0.29) is 24.4 Å². The number of piperidine rings is 1. The molecule has 2 N–H and O–H groups in total. The van der Waals surface area contributed by atoms with Crippen LogP contribution in [0.4, 0.5) is 0 Å². The van der Waals surface area contributed by atoms with E-state index in [1.807, 2.05) is 31.2 Å². The summed E-state index contributed by atoms with van der Waals surface area (Å²) in [6.45, 7) is 4.49. The summed E-state index contributed by atoms with van der Waals surface area (Å²) in [7, 11) is 3.25. The van der Waals surface area contributed by atoms with Gasteiger partial charge in [0.15, 0.2) is 11.5 Å². The second-order valence-corrected chi connectivity index (χ2v) is 6.25. The van der Waals surface area contributed by atoms with Crippen LogP contribution in [0.15, 0.2) is 24.3 Å². The van der Waals surface area contributed by atoms with Crippen LogP contribution in [0.3, 0.4) is 0 Å². The van der Waals surface area contributed by atoms with Crippen molar-refractivity contribution in [2.45, 2.75) is 25.9 Å². The number of ether oxygens (including phenoxy) is 3. The number of nitrogens with one attached hydrogen (secondary N) is 2. The predicted octanol–water partition coefficient (Wildman–Crippen LogP) is 2.02. The second-order valence-electron chi connectivity index (χ2n) is 6.25. The summed E-state index contributed by atoms with van der Waals surface area (Å²) in [4.78, 5) is 12.7. The molecule has 0 bridgehead atoms. The number of carbonyl (C=O) groups is 1. The van der Waals surface area contributed by atoms with Crippen LogP contribution in [-0.4, -0.2) is 52.5 Å². The molecule has 1 aliphatic rings. The highest BCUT2D eigenvalue weighted by molar-refractivity contribution is 5.85. The SMILES string of the molecule is COCC1(C(=O)NCC(C)Oc2ccccc2OC)CCNCC1.Cl. The maximum atomic E-state index is 12.7. The van der Waals surface area contributed by atoms with Gasteiger partial charge in [-0.05, 0) is 45.0 Å². The molecule has 25 heavy (non-hydrogen) atoms. The minimum atomic E-state index is -0.440. The van der Waals surface area contributed by atoms with Gasteiger partial charge in [0.05, 0.1) is 25.7 Å². The van der Waals surface area contributed by atoms with Gasteiger partial charge in [0.2, 0.25) is 5.91 Å². The lowest BCUT2D eigenvalue weighted by Gasteiger charge is -2.35. The van der Waals surface area contributed by atoms with Crippen LogP contribution in [0.5, 0.6) is 11.5 Å². The van der Waals surface area contributed by atoms with E-state index in [1.165, 1.54) is 0 Å². The number of para-hydroxylation sites is 2. The Morgan fingerprint density at radius 2 is 1.88 bits per heavy atom.